The van der Waals surface area contributed by atoms with Crippen LogP contribution in [-0.4, -0.2) is 36.5 Å². The zero-order valence-corrected chi connectivity index (χ0v) is 15.3. The van der Waals surface area contributed by atoms with E-state index >= 15 is 0 Å². The molecule has 0 radical (unpaired) electrons. The smallest absolute Gasteiger partial charge is 0.0875 e. The minimum absolute atomic E-state index is 0.214. The molecule has 1 saturated heterocycles. The maximum absolute atomic E-state index is 2.42. The molecule has 1 heterocycles. The third kappa shape index (κ3) is 3.32. The van der Waals surface area contributed by atoms with Crippen LogP contribution < -0.4 is 0 Å². The summed E-state index contributed by atoms with van der Waals surface area (Å²) in [7, 11) is 4.38. The highest BCUT2D eigenvalue weighted by atomic mass is 32.2. The molecule has 1 atom stereocenters. The highest BCUT2D eigenvalue weighted by Crippen LogP contribution is 2.53. The molecule has 0 aromatic heterocycles. The summed E-state index contributed by atoms with van der Waals surface area (Å²) in [5, 5.41) is 2.71. The number of fused-ring (bicyclic) bond motifs is 1. The number of hydrogen-bond donors (Lipinski definition) is 0. The molecule has 0 spiro atoms. The first-order valence-electron chi connectivity index (χ1n) is 8.04. The van der Waals surface area contributed by atoms with Gasteiger partial charge in [0.1, 0.15) is 0 Å². The Morgan fingerprint density at radius 3 is 2.41 bits per heavy atom. The summed E-state index contributed by atoms with van der Waals surface area (Å²) >= 11 is 4.31. The predicted molar refractivity (Wildman–Crippen MR) is 103 cm³/mol. The quantitative estimate of drug-likeness (QED) is 0.758. The van der Waals surface area contributed by atoms with E-state index < -0.39 is 0 Å². The van der Waals surface area contributed by atoms with Crippen molar-refractivity contribution in [3.8, 4) is 0 Å². The molecule has 0 bridgehead atoms. The van der Waals surface area contributed by atoms with E-state index in [1.54, 1.807) is 0 Å². The van der Waals surface area contributed by atoms with E-state index in [0.717, 1.165) is 0 Å². The Hall–Kier alpha value is -0.640. The predicted octanol–water partition coefficient (Wildman–Crippen LogP) is 5.20. The average Bonchev–Trinajstić information content (AvgIpc) is 2.55. The highest BCUT2D eigenvalue weighted by molar-refractivity contribution is 8.18. The van der Waals surface area contributed by atoms with Gasteiger partial charge in [-0.1, -0.05) is 36.4 Å². The Bertz CT molecular complexity index is 632. The molecule has 0 aliphatic carbocycles. The van der Waals surface area contributed by atoms with Gasteiger partial charge < -0.3 is 4.90 Å². The first-order valence-corrected chi connectivity index (χ1v) is 10.0. The molecule has 3 heteroatoms. The van der Waals surface area contributed by atoms with Crippen LogP contribution >= 0.6 is 23.5 Å². The Balaban J connectivity index is 1.99. The lowest BCUT2D eigenvalue weighted by molar-refractivity contribution is 0.292. The SMILES string of the molecule is CC(CC1(c2ccc3ccccc3c2)SCCCS1)N(C)C. The van der Waals surface area contributed by atoms with E-state index in [0.29, 0.717) is 6.04 Å². The van der Waals surface area contributed by atoms with Crippen molar-refractivity contribution in [2.24, 2.45) is 0 Å². The zero-order chi connectivity index (χ0) is 15.6. The van der Waals surface area contributed by atoms with Crippen molar-refractivity contribution in [1.82, 2.24) is 4.90 Å². The van der Waals surface area contributed by atoms with Gasteiger partial charge in [0, 0.05) is 6.04 Å². The second-order valence-corrected chi connectivity index (χ2v) is 9.43. The number of benzene rings is 2. The molecule has 1 fully saturated rings. The van der Waals surface area contributed by atoms with Crippen molar-refractivity contribution in [3.05, 3.63) is 48.0 Å². The lowest BCUT2D eigenvalue weighted by Crippen LogP contribution is -2.34. The average molecular weight is 332 g/mol. The maximum atomic E-state index is 2.42. The molecular formula is C19H25NS2. The van der Waals surface area contributed by atoms with Crippen LogP contribution in [0, 0.1) is 0 Å². The lowest BCUT2D eigenvalue weighted by atomic mass is 10.0. The van der Waals surface area contributed by atoms with Crippen LogP contribution in [0.4, 0.5) is 0 Å². The zero-order valence-electron chi connectivity index (χ0n) is 13.7. The minimum Gasteiger partial charge on any atom is -0.307 e. The lowest BCUT2D eigenvalue weighted by Gasteiger charge is -2.40. The molecule has 0 N–H and O–H groups in total. The third-order valence-corrected chi connectivity index (χ3v) is 8.02. The third-order valence-electron chi connectivity index (χ3n) is 4.59. The van der Waals surface area contributed by atoms with Crippen molar-refractivity contribution in [1.29, 1.82) is 0 Å². The summed E-state index contributed by atoms with van der Waals surface area (Å²) in [6.45, 7) is 2.35. The minimum atomic E-state index is 0.214. The van der Waals surface area contributed by atoms with Gasteiger partial charge >= 0.3 is 0 Å². The van der Waals surface area contributed by atoms with E-state index in [1.165, 1.54) is 40.7 Å². The van der Waals surface area contributed by atoms with Crippen LogP contribution in [0.25, 0.3) is 10.8 Å². The molecule has 1 aliphatic rings. The Morgan fingerprint density at radius 2 is 1.73 bits per heavy atom. The van der Waals surface area contributed by atoms with Crippen molar-refractivity contribution in [2.45, 2.75) is 29.9 Å². The number of hydrogen-bond acceptors (Lipinski definition) is 3. The van der Waals surface area contributed by atoms with Gasteiger partial charge in [0.15, 0.2) is 0 Å². The molecule has 1 unspecified atom stereocenters. The van der Waals surface area contributed by atoms with Gasteiger partial charge in [-0.2, -0.15) is 0 Å². The molecular weight excluding hydrogens is 306 g/mol. The van der Waals surface area contributed by atoms with Gasteiger partial charge in [0.2, 0.25) is 0 Å². The van der Waals surface area contributed by atoms with Crippen LogP contribution in [0.5, 0.6) is 0 Å². The summed E-state index contributed by atoms with van der Waals surface area (Å²) in [6.07, 6.45) is 2.54. The molecule has 2 aromatic rings. The summed E-state index contributed by atoms with van der Waals surface area (Å²) < 4.78 is 0.214. The van der Waals surface area contributed by atoms with Crippen LogP contribution in [-0.2, 0) is 4.08 Å². The van der Waals surface area contributed by atoms with Crippen LogP contribution in [0.3, 0.4) is 0 Å². The molecule has 22 heavy (non-hydrogen) atoms. The maximum Gasteiger partial charge on any atom is 0.0875 e. The molecule has 2 aromatic carbocycles. The monoisotopic (exact) mass is 331 g/mol. The summed E-state index contributed by atoms with van der Waals surface area (Å²) in [6, 6.07) is 16.4. The fraction of sp³-hybridized carbons (Fsp3) is 0.474. The van der Waals surface area contributed by atoms with Crippen LogP contribution in [0.1, 0.15) is 25.3 Å². The molecule has 0 saturated carbocycles. The first-order chi connectivity index (χ1) is 10.6. The highest BCUT2D eigenvalue weighted by Gasteiger charge is 2.37. The van der Waals surface area contributed by atoms with Crippen molar-refractivity contribution >= 4 is 34.3 Å². The molecule has 118 valence electrons. The van der Waals surface area contributed by atoms with Gasteiger partial charge in [-0.05, 0) is 67.8 Å². The van der Waals surface area contributed by atoms with Gasteiger partial charge in [0.05, 0.1) is 4.08 Å². The summed E-state index contributed by atoms with van der Waals surface area (Å²) in [5.74, 6) is 2.56. The first kappa shape index (κ1) is 16.2. The second kappa shape index (κ2) is 6.86. The standard InChI is InChI=1S/C19H25NS2/c1-15(20(2)3)14-19(21-11-6-12-22-19)18-10-9-16-7-4-5-8-17(16)13-18/h4-5,7-10,13,15H,6,11-12,14H2,1-3H3. The Morgan fingerprint density at radius 1 is 1.05 bits per heavy atom. The molecule has 0 amide bonds. The van der Waals surface area contributed by atoms with Gasteiger partial charge in [-0.15, -0.1) is 23.5 Å². The summed E-state index contributed by atoms with van der Waals surface area (Å²) in [5.41, 5.74) is 1.50. The van der Waals surface area contributed by atoms with Crippen LogP contribution in [0.15, 0.2) is 42.5 Å². The van der Waals surface area contributed by atoms with Crippen molar-refractivity contribution in [2.75, 3.05) is 25.6 Å². The normalized spacial score (nSPS) is 19.5. The van der Waals surface area contributed by atoms with Crippen molar-refractivity contribution < 1.29 is 0 Å². The fourth-order valence-corrected chi connectivity index (χ4v) is 6.53. The Labute approximate surface area is 142 Å². The van der Waals surface area contributed by atoms with Gasteiger partial charge in [0.25, 0.3) is 0 Å². The fourth-order valence-electron chi connectivity index (χ4n) is 2.97. The second-order valence-electron chi connectivity index (χ2n) is 6.38. The van der Waals surface area contributed by atoms with E-state index in [-0.39, 0.29) is 4.08 Å². The van der Waals surface area contributed by atoms with Crippen LogP contribution in [0.2, 0.25) is 0 Å². The van der Waals surface area contributed by atoms with E-state index in [2.05, 4.69) is 91.9 Å². The number of nitrogens with zero attached hydrogens (tertiary/aromatic N) is 1. The largest absolute Gasteiger partial charge is 0.307 e. The number of thioether (sulfide) groups is 2. The van der Waals surface area contributed by atoms with E-state index in [9.17, 15) is 0 Å². The number of rotatable bonds is 4. The van der Waals surface area contributed by atoms with Gasteiger partial charge in [-0.3, -0.25) is 0 Å². The molecule has 3 rings (SSSR count). The van der Waals surface area contributed by atoms with E-state index in [1.807, 2.05) is 0 Å². The molecule has 1 nitrogen and oxygen atoms in total. The van der Waals surface area contributed by atoms with E-state index in [4.69, 9.17) is 0 Å². The Kier molecular flexibility index (Phi) is 5.06. The van der Waals surface area contributed by atoms with Crippen molar-refractivity contribution in [3.63, 3.8) is 0 Å². The van der Waals surface area contributed by atoms with Gasteiger partial charge in [-0.25, -0.2) is 0 Å². The molecule has 1 aliphatic heterocycles. The summed E-state index contributed by atoms with van der Waals surface area (Å²) in [4.78, 5) is 2.35. The topological polar surface area (TPSA) is 3.24 Å².